The predicted octanol–water partition coefficient (Wildman–Crippen LogP) is 4.92. The number of esters is 1. The van der Waals surface area contributed by atoms with E-state index in [9.17, 15) is 43.5 Å². The number of benzene rings is 2. The van der Waals surface area contributed by atoms with Crippen LogP contribution >= 0.6 is 23.8 Å². The third kappa shape index (κ3) is 16.9. The normalized spacial score (nSPS) is 24.6. The maximum absolute atomic E-state index is 14.7. The number of ether oxygens (including phenoxy) is 5. The first kappa shape index (κ1) is 68.6. The number of pyridine rings is 1. The summed E-state index contributed by atoms with van der Waals surface area (Å²) in [5, 5.41) is 29.7. The van der Waals surface area contributed by atoms with Gasteiger partial charge in [-0.2, -0.15) is 0 Å². The Hall–Kier alpha value is -7.91. The lowest BCUT2D eigenvalue weighted by Gasteiger charge is -2.42. The van der Waals surface area contributed by atoms with Crippen LogP contribution in [0.25, 0.3) is 10.9 Å². The Bertz CT molecular complexity index is 3260. The van der Waals surface area contributed by atoms with Crippen LogP contribution < -0.4 is 47.3 Å². The number of methoxy groups -OCH3 is 2. The number of imide groups is 1. The topological polar surface area (TPSA) is 327 Å². The fourth-order valence-corrected chi connectivity index (χ4v) is 11.8. The van der Waals surface area contributed by atoms with E-state index in [-0.39, 0.29) is 78.4 Å². The van der Waals surface area contributed by atoms with Gasteiger partial charge in [-0.05, 0) is 107 Å². The monoisotopic (exact) mass is 1270 g/mol. The number of carbonyl (C=O) groups is 8. The average Bonchev–Trinajstić information content (AvgIpc) is 1.60. The number of nitrogens with zero attached hydrogens (tertiary/aromatic N) is 4. The van der Waals surface area contributed by atoms with Crippen molar-refractivity contribution in [2.75, 3.05) is 64.7 Å². The second-order valence-corrected chi connectivity index (χ2v) is 24.2. The number of aliphatic hydroxyl groups is 1. The van der Waals surface area contributed by atoms with Crippen molar-refractivity contribution in [1.29, 1.82) is 0 Å². The minimum absolute atomic E-state index is 0.0621. The number of amides is 8. The summed E-state index contributed by atoms with van der Waals surface area (Å²) in [7, 11) is 6.29. The number of alkyl carbamates (subject to hydrolysis) is 1. The quantitative estimate of drug-likeness (QED) is 0.0231. The van der Waals surface area contributed by atoms with Crippen LogP contribution in [0.1, 0.15) is 96.0 Å². The number of urea groups is 1. The van der Waals surface area contributed by atoms with E-state index in [1.165, 1.54) is 63.6 Å². The molecule has 27 heteroatoms. The molecule has 4 aliphatic heterocycles. The highest BCUT2D eigenvalue weighted by Crippen LogP contribution is 2.49. The molecular weight excluding hydrogens is 1190 g/mol. The third-order valence-corrected chi connectivity index (χ3v) is 17.2. The van der Waals surface area contributed by atoms with Gasteiger partial charge in [-0.3, -0.25) is 39.2 Å². The molecule has 9 N–H and O–H groups in total. The molecule has 7 rings (SSSR count). The van der Waals surface area contributed by atoms with Gasteiger partial charge in [0, 0.05) is 95.4 Å². The number of thiocarbonyl (C=S) groups is 1. The van der Waals surface area contributed by atoms with Crippen LogP contribution in [0.4, 0.5) is 21.0 Å². The van der Waals surface area contributed by atoms with E-state index in [0.29, 0.717) is 54.2 Å². The highest BCUT2D eigenvalue weighted by atomic mass is 35.5. The van der Waals surface area contributed by atoms with Gasteiger partial charge in [0.25, 0.3) is 17.7 Å². The van der Waals surface area contributed by atoms with E-state index in [2.05, 4.69) is 36.9 Å². The SMILES string of the molecule is COc1cc2cc(c1Cl)N(C)CC[C@H](OC(=O)[C@H](C)N(C)C(=O)c1ccc(NC(=O)[C@H](CCCNC(N)=O)NC(=O)[C@@H](NC(=S)NCCCCN3C(=O)C=CC3=O)C(C)C)c3ncccc13)[C@]1(C)O[C@H]1[C@H](C)[C@@H]1C[C@@](O)(NC(=O)O1)[C@H](OC)/C=C/C=C(\C)C2. The molecule has 8 amide bonds. The molecule has 89 heavy (non-hydrogen) atoms. The van der Waals surface area contributed by atoms with Gasteiger partial charge >= 0.3 is 18.1 Å². The lowest BCUT2D eigenvalue weighted by molar-refractivity contribution is -0.157. The molecule has 4 aliphatic rings. The minimum Gasteiger partial charge on any atom is -0.495 e. The number of primary amides is 1. The molecular formula is C62H82ClN11O14S. The number of epoxide rings is 1. The minimum atomic E-state index is -1.86. The number of hydrogen-bond donors (Lipinski definition) is 8. The highest BCUT2D eigenvalue weighted by molar-refractivity contribution is 7.80. The van der Waals surface area contributed by atoms with Crippen molar-refractivity contribution in [3.63, 3.8) is 0 Å². The molecule has 0 unspecified atom stereocenters. The Balaban J connectivity index is 1.07. The number of carbonyl (C=O) groups excluding carboxylic acids is 8. The van der Waals surface area contributed by atoms with Gasteiger partial charge < -0.3 is 70.9 Å². The van der Waals surface area contributed by atoms with Gasteiger partial charge in [0.05, 0.1) is 30.1 Å². The summed E-state index contributed by atoms with van der Waals surface area (Å²) in [6.45, 7) is 11.8. The van der Waals surface area contributed by atoms with Crippen LogP contribution in [-0.4, -0.2) is 181 Å². The number of anilines is 2. The molecule has 4 bridgehead atoms. The standard InChI is InChI=1S/C62H82ClN11O14S/c1-34(2)51(70-59(89)67-25-11-12-28-74-48(75)22-23-49(74)76)55(78)69-42(18-15-27-66-58(64)81)54(77)68-41-21-20-40(39-17-14-26-65-52(39)41)56(79)73(8)37(5)57(80)87-46-24-29-72(7)43-31-38(32-44(84-9)50(43)63)30-35(3)16-13-19-47(85-10)62(83)33-45(86-60(82)71-62)36(4)53-61(46,6)88-53/h13-14,16-17,19-23,26,31-32,34,36-37,42,45-47,51,53,83H,11-12,15,18,24-25,27-30,33H2,1-10H3,(H,68,77)(H,69,78)(H,71,82)(H3,64,66,81)(H2,67,70,89)/b19-13+,35-16+/t36-,37+,42+,45+,46+,47-,51+,53+,61+,62+/m1/s1. The van der Waals surface area contributed by atoms with Gasteiger partial charge in [0.15, 0.2) is 10.8 Å². The van der Waals surface area contributed by atoms with Crippen LogP contribution in [0.15, 0.2) is 78.5 Å². The van der Waals surface area contributed by atoms with Crippen LogP contribution in [-0.2, 0) is 49.3 Å². The number of rotatable bonds is 21. The number of allylic oxidation sites excluding steroid dienone is 3. The van der Waals surface area contributed by atoms with E-state index >= 15 is 0 Å². The van der Waals surface area contributed by atoms with Crippen molar-refractivity contribution in [1.82, 2.24) is 41.4 Å². The number of hydrogen-bond acceptors (Lipinski definition) is 17. The Morgan fingerprint density at radius 2 is 1.73 bits per heavy atom. The van der Waals surface area contributed by atoms with Crippen LogP contribution in [0.5, 0.6) is 5.75 Å². The second kappa shape index (κ2) is 30.1. The van der Waals surface area contributed by atoms with E-state index in [4.69, 9.17) is 53.2 Å². The van der Waals surface area contributed by atoms with Crippen molar-refractivity contribution in [2.45, 2.75) is 140 Å². The van der Waals surface area contributed by atoms with Crippen LogP contribution in [0.2, 0.25) is 5.02 Å². The maximum atomic E-state index is 14.7. The van der Waals surface area contributed by atoms with Crippen LogP contribution in [0, 0.1) is 11.8 Å². The summed E-state index contributed by atoms with van der Waals surface area (Å²) in [5.41, 5.74) is 5.38. The molecule has 5 heterocycles. The number of likely N-dealkylation sites (N-methyl/N-ethyl adjacent to an activating group) is 1. The van der Waals surface area contributed by atoms with Crippen molar-refractivity contribution in [3.05, 3.63) is 94.7 Å². The molecule has 10 atom stereocenters. The first-order valence-electron chi connectivity index (χ1n) is 29.6. The van der Waals surface area contributed by atoms with Crippen molar-refractivity contribution in [3.8, 4) is 5.75 Å². The zero-order valence-corrected chi connectivity index (χ0v) is 53.4. The first-order chi connectivity index (χ1) is 42.2. The summed E-state index contributed by atoms with van der Waals surface area (Å²) < 4.78 is 30.1. The smallest absolute Gasteiger partial charge is 0.409 e. The number of unbranched alkanes of at least 4 members (excludes halogenated alkanes) is 1. The van der Waals surface area contributed by atoms with Gasteiger partial charge in [0.2, 0.25) is 11.8 Å². The molecule has 1 aromatic heterocycles. The van der Waals surface area contributed by atoms with E-state index in [0.717, 1.165) is 16.0 Å². The van der Waals surface area contributed by atoms with Gasteiger partial charge in [-0.1, -0.05) is 62.2 Å². The molecule has 25 nitrogen and oxygen atoms in total. The Morgan fingerprint density at radius 3 is 2.42 bits per heavy atom. The average molecular weight is 1270 g/mol. The van der Waals surface area contributed by atoms with E-state index in [1.54, 1.807) is 45.1 Å². The number of nitrogens with two attached hydrogens (primary N) is 1. The Kier molecular flexibility index (Phi) is 23.2. The molecule has 0 spiro atoms. The lowest BCUT2D eigenvalue weighted by atomic mass is 9.83. The summed E-state index contributed by atoms with van der Waals surface area (Å²) in [4.78, 5) is 115. The number of fused-ring (bicyclic) bond motifs is 6. The Labute approximate surface area is 528 Å². The van der Waals surface area contributed by atoms with Crippen molar-refractivity contribution in [2.24, 2.45) is 17.6 Å². The maximum Gasteiger partial charge on any atom is 0.409 e. The van der Waals surface area contributed by atoms with Crippen molar-refractivity contribution >= 4 is 98.8 Å². The van der Waals surface area contributed by atoms with E-state index < -0.39 is 95.6 Å². The lowest BCUT2D eigenvalue weighted by Crippen LogP contribution is -2.63. The molecule has 0 aliphatic carbocycles. The zero-order valence-electron chi connectivity index (χ0n) is 51.8. The summed E-state index contributed by atoms with van der Waals surface area (Å²) in [5.74, 6) is -3.63. The molecule has 2 aromatic carbocycles. The summed E-state index contributed by atoms with van der Waals surface area (Å²) in [6.07, 6.45) is 7.01. The zero-order chi connectivity index (χ0) is 65.1. The molecule has 482 valence electrons. The molecule has 2 saturated heterocycles. The largest absolute Gasteiger partial charge is 0.495 e. The summed E-state index contributed by atoms with van der Waals surface area (Å²) in [6, 6.07) is 6.08. The van der Waals surface area contributed by atoms with Crippen LogP contribution in [0.3, 0.4) is 0 Å². The molecule has 0 saturated carbocycles. The number of halogens is 1. The highest BCUT2D eigenvalue weighted by Gasteiger charge is 2.64. The second-order valence-electron chi connectivity index (χ2n) is 23.4. The summed E-state index contributed by atoms with van der Waals surface area (Å²) >= 11 is 12.5. The number of nitrogens with one attached hydrogen (secondary N) is 6. The van der Waals surface area contributed by atoms with E-state index in [1.807, 2.05) is 44.0 Å². The fraction of sp³-hybridized carbons (Fsp3) is 0.516. The predicted molar refractivity (Wildman–Crippen MR) is 337 cm³/mol. The molecule has 0 radical (unpaired) electrons. The van der Waals surface area contributed by atoms with Gasteiger partial charge in [-0.25, -0.2) is 14.4 Å². The molecule has 2 fully saturated rings. The first-order valence-corrected chi connectivity index (χ1v) is 30.4. The van der Waals surface area contributed by atoms with Gasteiger partial charge in [0.1, 0.15) is 52.8 Å². The van der Waals surface area contributed by atoms with Crippen molar-refractivity contribution < 1.29 is 67.1 Å². The third-order valence-electron chi connectivity index (χ3n) is 16.6. The number of aromatic nitrogens is 1. The Morgan fingerprint density at radius 1 is 1.01 bits per heavy atom. The fourth-order valence-electron chi connectivity index (χ4n) is 11.2. The van der Waals surface area contributed by atoms with Gasteiger partial charge in [-0.15, -0.1) is 0 Å². The molecule has 3 aromatic rings.